The number of fused-ring (bicyclic) bond motifs is 2. The van der Waals surface area contributed by atoms with Crippen LogP contribution in [0, 0.1) is 0 Å². The van der Waals surface area contributed by atoms with Crippen LogP contribution in [-0.4, -0.2) is 54.2 Å². The minimum absolute atomic E-state index is 0.0816. The summed E-state index contributed by atoms with van der Waals surface area (Å²) >= 11 is 18.6. The van der Waals surface area contributed by atoms with Crippen molar-refractivity contribution in [2.24, 2.45) is 0 Å². The summed E-state index contributed by atoms with van der Waals surface area (Å²) in [5.41, 5.74) is 1.29. The maximum absolute atomic E-state index is 14.1. The van der Waals surface area contributed by atoms with Crippen molar-refractivity contribution in [2.45, 2.75) is 32.0 Å². The third-order valence-electron chi connectivity index (χ3n) is 7.55. The first-order chi connectivity index (χ1) is 21.2. The van der Waals surface area contributed by atoms with Gasteiger partial charge in [-0.05, 0) is 66.9 Å². The number of carbonyl (C=O) groups excluding carboxylic acids is 2. The predicted octanol–water partition coefficient (Wildman–Crippen LogP) is 6.33. The Balaban J connectivity index is 1.32. The lowest BCUT2D eigenvalue weighted by Gasteiger charge is -2.29. The van der Waals surface area contributed by atoms with Gasteiger partial charge in [-0.2, -0.15) is 0 Å². The highest BCUT2D eigenvalue weighted by Crippen LogP contribution is 2.33. The Morgan fingerprint density at radius 3 is 2.48 bits per heavy atom. The lowest BCUT2D eigenvalue weighted by molar-refractivity contribution is -0.133. The average Bonchev–Trinajstić information content (AvgIpc) is 3.70. The molecule has 1 aromatic heterocycles. The minimum atomic E-state index is -0.432. The normalized spacial score (nSPS) is 15.5. The Bertz CT molecular complexity index is 1790. The van der Waals surface area contributed by atoms with Crippen LogP contribution in [0.1, 0.15) is 34.3 Å². The Morgan fingerprint density at radius 1 is 0.886 bits per heavy atom. The summed E-state index contributed by atoms with van der Waals surface area (Å²) < 4.78 is 22.5. The van der Waals surface area contributed by atoms with Crippen molar-refractivity contribution in [3.8, 4) is 11.5 Å². The van der Waals surface area contributed by atoms with E-state index >= 15 is 0 Å². The molecule has 44 heavy (non-hydrogen) atoms. The third kappa shape index (κ3) is 6.66. The van der Waals surface area contributed by atoms with E-state index in [2.05, 4.69) is 0 Å². The van der Waals surface area contributed by atoms with Crippen LogP contribution in [0.5, 0.6) is 11.5 Å². The summed E-state index contributed by atoms with van der Waals surface area (Å²) in [6.07, 6.45) is 2.74. The molecule has 2 amide bonds. The zero-order valence-electron chi connectivity index (χ0n) is 23.4. The lowest BCUT2D eigenvalue weighted by atomic mass is 10.1. The SMILES string of the molecule is O=C(CN(C[C@H]1CCCO1)C(=O)c1ccc(Cl)cc1Cl)N(Cc1ccc2c(c1)OCO2)Cc1coc2ccc(Cl)cc2c1=O. The highest BCUT2D eigenvalue weighted by molar-refractivity contribution is 6.36. The molecule has 12 heteroatoms. The van der Waals surface area contributed by atoms with Crippen molar-refractivity contribution < 1.29 is 28.2 Å². The molecule has 1 atom stereocenters. The molecule has 4 aromatic rings. The van der Waals surface area contributed by atoms with Gasteiger partial charge >= 0.3 is 0 Å². The smallest absolute Gasteiger partial charge is 0.255 e. The summed E-state index contributed by atoms with van der Waals surface area (Å²) in [6.45, 7) is 0.634. The van der Waals surface area contributed by atoms with E-state index in [0.717, 1.165) is 18.4 Å². The second kappa shape index (κ2) is 13.1. The van der Waals surface area contributed by atoms with Crippen LogP contribution < -0.4 is 14.9 Å². The Labute approximate surface area is 267 Å². The van der Waals surface area contributed by atoms with Crippen LogP contribution >= 0.6 is 34.8 Å². The first-order valence-electron chi connectivity index (χ1n) is 14.0. The van der Waals surface area contributed by atoms with E-state index in [1.165, 1.54) is 34.3 Å². The number of hydrogen-bond acceptors (Lipinski definition) is 7. The van der Waals surface area contributed by atoms with Crippen LogP contribution in [0.4, 0.5) is 0 Å². The number of carbonyl (C=O) groups is 2. The molecule has 228 valence electrons. The molecule has 0 saturated carbocycles. The van der Waals surface area contributed by atoms with E-state index in [9.17, 15) is 14.4 Å². The summed E-state index contributed by atoms with van der Waals surface area (Å²) in [7, 11) is 0. The third-order valence-corrected chi connectivity index (χ3v) is 8.34. The monoisotopic (exact) mass is 656 g/mol. The Morgan fingerprint density at radius 2 is 1.68 bits per heavy atom. The van der Waals surface area contributed by atoms with Crippen molar-refractivity contribution in [2.75, 3.05) is 26.5 Å². The topological polar surface area (TPSA) is 98.5 Å². The van der Waals surface area contributed by atoms with Gasteiger partial charge in [-0.25, -0.2) is 0 Å². The minimum Gasteiger partial charge on any atom is -0.464 e. The second-order valence-electron chi connectivity index (χ2n) is 10.6. The Kier molecular flexibility index (Phi) is 9.00. The van der Waals surface area contributed by atoms with Crippen molar-refractivity contribution in [3.63, 3.8) is 0 Å². The maximum Gasteiger partial charge on any atom is 0.255 e. The molecule has 9 nitrogen and oxygen atoms in total. The van der Waals surface area contributed by atoms with Crippen molar-refractivity contribution >= 4 is 57.6 Å². The molecule has 0 radical (unpaired) electrons. The molecule has 0 N–H and O–H groups in total. The van der Waals surface area contributed by atoms with E-state index in [1.807, 2.05) is 6.07 Å². The molecule has 0 bridgehead atoms. The highest BCUT2D eigenvalue weighted by Gasteiger charge is 2.29. The van der Waals surface area contributed by atoms with Gasteiger partial charge in [0.05, 0.1) is 40.4 Å². The van der Waals surface area contributed by atoms with Gasteiger partial charge in [-0.3, -0.25) is 14.4 Å². The molecular formula is C32H27Cl3N2O7. The molecule has 0 aliphatic carbocycles. The summed E-state index contributed by atoms with van der Waals surface area (Å²) in [5, 5.41) is 1.26. The molecule has 2 aliphatic heterocycles. The number of amides is 2. The largest absolute Gasteiger partial charge is 0.464 e. The Hall–Kier alpha value is -3.76. The van der Waals surface area contributed by atoms with E-state index in [0.29, 0.717) is 39.1 Å². The lowest BCUT2D eigenvalue weighted by Crippen LogP contribution is -2.45. The van der Waals surface area contributed by atoms with Gasteiger partial charge in [-0.1, -0.05) is 40.9 Å². The zero-order valence-corrected chi connectivity index (χ0v) is 25.7. The second-order valence-corrected chi connectivity index (χ2v) is 11.9. The van der Waals surface area contributed by atoms with Crippen molar-refractivity contribution in [3.05, 3.63) is 103 Å². The van der Waals surface area contributed by atoms with Crippen LogP contribution in [0.25, 0.3) is 11.0 Å². The molecular weight excluding hydrogens is 631 g/mol. The predicted molar refractivity (Wildman–Crippen MR) is 166 cm³/mol. The molecule has 0 spiro atoms. The molecule has 3 aromatic carbocycles. The van der Waals surface area contributed by atoms with Gasteiger partial charge in [0.25, 0.3) is 5.91 Å². The fourth-order valence-electron chi connectivity index (χ4n) is 5.30. The average molecular weight is 658 g/mol. The first-order valence-corrected chi connectivity index (χ1v) is 15.1. The van der Waals surface area contributed by atoms with Crippen LogP contribution in [-0.2, 0) is 22.6 Å². The van der Waals surface area contributed by atoms with Crippen molar-refractivity contribution in [1.82, 2.24) is 9.80 Å². The van der Waals surface area contributed by atoms with Gasteiger partial charge in [-0.15, -0.1) is 0 Å². The van der Waals surface area contributed by atoms with E-state index < -0.39 is 11.8 Å². The molecule has 2 aliphatic rings. The molecule has 6 rings (SSSR count). The van der Waals surface area contributed by atoms with Gasteiger partial charge in [0.15, 0.2) is 16.9 Å². The summed E-state index contributed by atoms with van der Waals surface area (Å²) in [6, 6.07) is 14.8. The van der Waals surface area contributed by atoms with Crippen LogP contribution in [0.3, 0.4) is 0 Å². The molecule has 1 saturated heterocycles. The molecule has 1 fully saturated rings. The van der Waals surface area contributed by atoms with Crippen molar-refractivity contribution in [1.29, 1.82) is 0 Å². The number of benzene rings is 3. The van der Waals surface area contributed by atoms with E-state index in [1.54, 1.807) is 30.3 Å². The fraction of sp³-hybridized carbons (Fsp3) is 0.281. The number of rotatable bonds is 9. The molecule has 3 heterocycles. The number of halogens is 3. The van der Waals surface area contributed by atoms with Gasteiger partial charge < -0.3 is 28.4 Å². The standard InChI is InChI=1S/C32H27Cl3N2O7/c33-21-5-8-27-25(11-21)31(39)20(17-42-27)14-36(13-19-3-7-28-29(10-19)44-18-43-28)30(38)16-37(15-23-2-1-9-41-23)32(40)24-6-4-22(34)12-26(24)35/h3-8,10-12,17,23H,1-2,9,13-16,18H2/t23-/m1/s1. The van der Waals surface area contributed by atoms with Gasteiger partial charge in [0.2, 0.25) is 12.7 Å². The maximum atomic E-state index is 14.1. The number of hydrogen-bond donors (Lipinski definition) is 0. The van der Waals surface area contributed by atoms with E-state index in [-0.39, 0.29) is 60.7 Å². The zero-order chi connectivity index (χ0) is 30.8. The van der Waals surface area contributed by atoms with Gasteiger partial charge in [0, 0.05) is 29.7 Å². The number of nitrogens with zero attached hydrogens (tertiary/aromatic N) is 2. The van der Waals surface area contributed by atoms with Crippen LogP contribution in [0.2, 0.25) is 15.1 Å². The summed E-state index contributed by atoms with van der Waals surface area (Å²) in [4.78, 5) is 44.3. The van der Waals surface area contributed by atoms with Gasteiger partial charge in [0.1, 0.15) is 12.1 Å². The van der Waals surface area contributed by atoms with Crippen LogP contribution in [0.15, 0.2) is 70.1 Å². The summed E-state index contributed by atoms with van der Waals surface area (Å²) in [5.74, 6) is 0.331. The quantitative estimate of drug-likeness (QED) is 0.207. The van der Waals surface area contributed by atoms with E-state index in [4.69, 9.17) is 53.4 Å². The number of ether oxygens (including phenoxy) is 3. The first kappa shape index (κ1) is 30.3. The highest BCUT2D eigenvalue weighted by atomic mass is 35.5. The molecule has 0 unspecified atom stereocenters. The fourth-order valence-corrected chi connectivity index (χ4v) is 5.96.